The van der Waals surface area contributed by atoms with Crippen LogP contribution in [0.1, 0.15) is 25.3 Å². The quantitative estimate of drug-likeness (QED) is 0.839. The van der Waals surface area contributed by atoms with Gasteiger partial charge in [0.15, 0.2) is 0 Å². The highest BCUT2D eigenvalue weighted by Crippen LogP contribution is 2.26. The van der Waals surface area contributed by atoms with Gasteiger partial charge >= 0.3 is 0 Å². The zero-order valence-corrected chi connectivity index (χ0v) is 10.1. The first kappa shape index (κ1) is 12.3. The summed E-state index contributed by atoms with van der Waals surface area (Å²) in [5.74, 6) is 0.756. The Morgan fingerprint density at radius 3 is 2.80 bits per heavy atom. The van der Waals surface area contributed by atoms with Crippen LogP contribution in [0.25, 0.3) is 0 Å². The van der Waals surface area contributed by atoms with Gasteiger partial charge in [-0.15, -0.1) is 0 Å². The zero-order chi connectivity index (χ0) is 11.3. The summed E-state index contributed by atoms with van der Waals surface area (Å²) in [7, 11) is 0. The van der Waals surface area contributed by atoms with Gasteiger partial charge in [0.25, 0.3) is 0 Å². The summed E-state index contributed by atoms with van der Waals surface area (Å²) in [4.78, 5) is 0. The average Bonchev–Trinajstić information content (AvgIpc) is 2.19. The van der Waals surface area contributed by atoms with Crippen LogP contribution >= 0.6 is 11.6 Å². The highest BCUT2D eigenvalue weighted by molar-refractivity contribution is 6.32. The minimum atomic E-state index is 0.161. The van der Waals surface area contributed by atoms with E-state index in [1.165, 1.54) is 0 Å². The lowest BCUT2D eigenvalue weighted by Crippen LogP contribution is -2.14. The molecule has 0 radical (unpaired) electrons. The van der Waals surface area contributed by atoms with E-state index in [0.29, 0.717) is 11.6 Å². The molecule has 0 aliphatic heterocycles. The molecule has 3 heteroatoms. The molecule has 1 atom stereocenters. The molecule has 0 saturated heterocycles. The lowest BCUT2D eigenvalue weighted by atomic mass is 10.2. The molecule has 0 heterocycles. The minimum absolute atomic E-state index is 0.161. The first-order valence-corrected chi connectivity index (χ1v) is 5.64. The van der Waals surface area contributed by atoms with Crippen LogP contribution < -0.4 is 10.5 Å². The Bertz CT molecular complexity index is 314. The van der Waals surface area contributed by atoms with Gasteiger partial charge in [-0.1, -0.05) is 17.7 Å². The third-order valence-electron chi connectivity index (χ3n) is 2.23. The van der Waals surface area contributed by atoms with E-state index in [1.807, 2.05) is 32.0 Å². The molecular weight excluding hydrogens is 210 g/mol. The maximum Gasteiger partial charge on any atom is 0.138 e. The summed E-state index contributed by atoms with van der Waals surface area (Å²) >= 11 is 6.06. The molecule has 84 valence electrons. The molecule has 15 heavy (non-hydrogen) atoms. The number of ether oxygens (including phenoxy) is 1. The topological polar surface area (TPSA) is 35.2 Å². The summed E-state index contributed by atoms with van der Waals surface area (Å²) < 4.78 is 5.71. The fourth-order valence-electron chi connectivity index (χ4n) is 1.38. The fourth-order valence-corrected chi connectivity index (χ4v) is 1.66. The monoisotopic (exact) mass is 227 g/mol. The molecule has 0 aliphatic carbocycles. The Morgan fingerprint density at radius 2 is 2.20 bits per heavy atom. The van der Waals surface area contributed by atoms with Gasteiger partial charge in [-0.25, -0.2) is 0 Å². The molecule has 1 rings (SSSR count). The van der Waals surface area contributed by atoms with Crippen molar-refractivity contribution in [2.45, 2.75) is 32.8 Å². The van der Waals surface area contributed by atoms with E-state index < -0.39 is 0 Å². The molecular formula is C12H18ClNO. The van der Waals surface area contributed by atoms with Crippen LogP contribution in [0, 0.1) is 6.92 Å². The van der Waals surface area contributed by atoms with E-state index in [-0.39, 0.29) is 6.10 Å². The standard InChI is InChI=1S/C12H18ClNO/c1-9-5-6-12(11(13)8-9)15-10(2)4-3-7-14/h5-6,8,10H,3-4,7,14H2,1-2H3. The van der Waals surface area contributed by atoms with Crippen molar-refractivity contribution >= 4 is 11.6 Å². The number of rotatable bonds is 5. The minimum Gasteiger partial charge on any atom is -0.489 e. The summed E-state index contributed by atoms with van der Waals surface area (Å²) in [6.07, 6.45) is 2.10. The Kier molecular flexibility index (Phi) is 4.92. The van der Waals surface area contributed by atoms with Crippen LogP contribution in [-0.2, 0) is 0 Å². The number of aryl methyl sites for hydroxylation is 1. The van der Waals surface area contributed by atoms with Crippen molar-refractivity contribution in [3.05, 3.63) is 28.8 Å². The molecule has 1 aromatic rings. The lowest BCUT2D eigenvalue weighted by molar-refractivity contribution is 0.209. The maximum atomic E-state index is 6.06. The third-order valence-corrected chi connectivity index (χ3v) is 2.53. The van der Waals surface area contributed by atoms with Crippen molar-refractivity contribution in [2.75, 3.05) is 6.54 Å². The first-order chi connectivity index (χ1) is 7.13. The highest BCUT2D eigenvalue weighted by atomic mass is 35.5. The molecule has 0 amide bonds. The molecule has 0 spiro atoms. The van der Waals surface area contributed by atoms with Crippen molar-refractivity contribution in [3.8, 4) is 5.75 Å². The molecule has 0 aromatic heterocycles. The van der Waals surface area contributed by atoms with Gasteiger partial charge in [-0.2, -0.15) is 0 Å². The highest BCUT2D eigenvalue weighted by Gasteiger charge is 2.06. The molecule has 0 bridgehead atoms. The normalized spacial score (nSPS) is 12.5. The van der Waals surface area contributed by atoms with Crippen LogP contribution in [-0.4, -0.2) is 12.6 Å². The molecule has 2 nitrogen and oxygen atoms in total. The van der Waals surface area contributed by atoms with Crippen molar-refractivity contribution in [2.24, 2.45) is 5.73 Å². The Morgan fingerprint density at radius 1 is 1.47 bits per heavy atom. The van der Waals surface area contributed by atoms with E-state index in [4.69, 9.17) is 22.1 Å². The number of hydrogen-bond acceptors (Lipinski definition) is 2. The van der Waals surface area contributed by atoms with Gasteiger partial charge in [0.2, 0.25) is 0 Å². The SMILES string of the molecule is Cc1ccc(OC(C)CCCN)c(Cl)c1. The molecule has 2 N–H and O–H groups in total. The van der Waals surface area contributed by atoms with Crippen molar-refractivity contribution in [3.63, 3.8) is 0 Å². The van der Waals surface area contributed by atoms with E-state index >= 15 is 0 Å². The number of hydrogen-bond donors (Lipinski definition) is 1. The zero-order valence-electron chi connectivity index (χ0n) is 9.29. The summed E-state index contributed by atoms with van der Waals surface area (Å²) in [5, 5.41) is 0.676. The largest absolute Gasteiger partial charge is 0.489 e. The van der Waals surface area contributed by atoms with E-state index in [2.05, 4.69) is 0 Å². The molecule has 0 saturated carbocycles. The van der Waals surface area contributed by atoms with Crippen molar-refractivity contribution < 1.29 is 4.74 Å². The summed E-state index contributed by atoms with van der Waals surface area (Å²) in [6.45, 7) is 4.74. The van der Waals surface area contributed by atoms with Gasteiger partial charge in [-0.05, 0) is 50.9 Å². The Labute approximate surface area is 96.4 Å². The van der Waals surface area contributed by atoms with Crippen LogP contribution in [0.4, 0.5) is 0 Å². The van der Waals surface area contributed by atoms with E-state index in [0.717, 1.165) is 24.2 Å². The maximum absolute atomic E-state index is 6.06. The van der Waals surface area contributed by atoms with Crippen molar-refractivity contribution in [1.29, 1.82) is 0 Å². The second kappa shape index (κ2) is 5.99. The van der Waals surface area contributed by atoms with Gasteiger partial charge in [-0.3, -0.25) is 0 Å². The average molecular weight is 228 g/mol. The van der Waals surface area contributed by atoms with Gasteiger partial charge < -0.3 is 10.5 Å². The molecule has 1 unspecified atom stereocenters. The second-order valence-corrected chi connectivity index (χ2v) is 4.20. The Hall–Kier alpha value is -0.730. The molecule has 0 fully saturated rings. The van der Waals surface area contributed by atoms with Gasteiger partial charge in [0, 0.05) is 0 Å². The summed E-state index contributed by atoms with van der Waals surface area (Å²) in [5.41, 5.74) is 6.58. The summed E-state index contributed by atoms with van der Waals surface area (Å²) in [6, 6.07) is 5.82. The number of halogens is 1. The number of nitrogens with two attached hydrogens (primary N) is 1. The lowest BCUT2D eigenvalue weighted by Gasteiger charge is -2.15. The van der Waals surface area contributed by atoms with E-state index in [1.54, 1.807) is 0 Å². The van der Waals surface area contributed by atoms with Crippen LogP contribution in [0.15, 0.2) is 18.2 Å². The Balaban J connectivity index is 2.56. The van der Waals surface area contributed by atoms with Crippen molar-refractivity contribution in [1.82, 2.24) is 0 Å². The van der Waals surface area contributed by atoms with Gasteiger partial charge in [0.05, 0.1) is 11.1 Å². The molecule has 0 aliphatic rings. The smallest absolute Gasteiger partial charge is 0.138 e. The van der Waals surface area contributed by atoms with Crippen LogP contribution in [0.2, 0.25) is 5.02 Å². The first-order valence-electron chi connectivity index (χ1n) is 5.26. The van der Waals surface area contributed by atoms with Crippen LogP contribution in [0.5, 0.6) is 5.75 Å². The second-order valence-electron chi connectivity index (χ2n) is 3.79. The molecule has 1 aromatic carbocycles. The van der Waals surface area contributed by atoms with Gasteiger partial charge in [0.1, 0.15) is 5.75 Å². The predicted molar refractivity (Wildman–Crippen MR) is 64.6 cm³/mol. The van der Waals surface area contributed by atoms with Crippen LogP contribution in [0.3, 0.4) is 0 Å². The predicted octanol–water partition coefficient (Wildman–Crippen LogP) is 3.15. The third kappa shape index (κ3) is 4.10. The fraction of sp³-hybridized carbons (Fsp3) is 0.500. The van der Waals surface area contributed by atoms with E-state index in [9.17, 15) is 0 Å². The number of benzene rings is 1.